The lowest BCUT2D eigenvalue weighted by Crippen LogP contribution is -2.19. The van der Waals surface area contributed by atoms with Crippen LogP contribution in [0.4, 0.5) is 0 Å². The van der Waals surface area contributed by atoms with E-state index in [-0.39, 0.29) is 5.88 Å². The van der Waals surface area contributed by atoms with Crippen LogP contribution < -0.4 is 0 Å². The van der Waals surface area contributed by atoms with Gasteiger partial charge in [-0.05, 0) is 29.8 Å². The third kappa shape index (κ3) is 3.98. The number of halogens is 1. The largest absolute Gasteiger partial charge is 0.389 e. The van der Waals surface area contributed by atoms with Crippen LogP contribution in [0.3, 0.4) is 0 Å². The third-order valence-electron chi connectivity index (χ3n) is 2.72. The Morgan fingerprint density at radius 3 is 2.05 bits per heavy atom. The molecule has 0 radical (unpaired) electrons. The van der Waals surface area contributed by atoms with Crippen molar-refractivity contribution in [2.75, 3.05) is 5.88 Å². The third-order valence-corrected chi connectivity index (χ3v) is 4.06. The van der Waals surface area contributed by atoms with E-state index in [0.717, 1.165) is 9.79 Å². The van der Waals surface area contributed by atoms with E-state index < -0.39 is 12.2 Å². The minimum atomic E-state index is -0.937. The van der Waals surface area contributed by atoms with Gasteiger partial charge in [0.05, 0.1) is 12.0 Å². The molecule has 0 fully saturated rings. The minimum Gasteiger partial charge on any atom is -0.389 e. The van der Waals surface area contributed by atoms with Crippen molar-refractivity contribution in [1.29, 1.82) is 0 Å². The summed E-state index contributed by atoms with van der Waals surface area (Å²) in [5.41, 5.74) is 0.672. The van der Waals surface area contributed by atoms with Crippen LogP contribution in [0.1, 0.15) is 11.7 Å². The fourth-order valence-electron chi connectivity index (χ4n) is 1.66. The quantitative estimate of drug-likeness (QED) is 0.830. The molecule has 0 aliphatic carbocycles. The van der Waals surface area contributed by atoms with E-state index in [0.29, 0.717) is 5.56 Å². The Labute approximate surface area is 122 Å². The van der Waals surface area contributed by atoms with E-state index >= 15 is 0 Å². The van der Waals surface area contributed by atoms with E-state index in [4.69, 9.17) is 11.6 Å². The number of hydrogen-bond acceptors (Lipinski definition) is 3. The van der Waals surface area contributed by atoms with E-state index in [1.165, 1.54) is 0 Å². The van der Waals surface area contributed by atoms with Gasteiger partial charge in [-0.3, -0.25) is 0 Å². The fraction of sp³-hybridized carbons (Fsp3) is 0.200. The molecular weight excluding hydrogens is 280 g/mol. The Bertz CT molecular complexity index is 501. The second-order valence-corrected chi connectivity index (χ2v) is 5.61. The molecule has 0 aliphatic heterocycles. The molecule has 100 valence electrons. The number of aliphatic hydroxyl groups excluding tert-OH is 2. The van der Waals surface area contributed by atoms with Crippen LogP contribution >= 0.6 is 23.4 Å². The van der Waals surface area contributed by atoms with Crippen LogP contribution in [-0.4, -0.2) is 22.2 Å². The highest BCUT2D eigenvalue weighted by Crippen LogP contribution is 2.28. The van der Waals surface area contributed by atoms with Crippen LogP contribution in [0.25, 0.3) is 0 Å². The summed E-state index contributed by atoms with van der Waals surface area (Å²) < 4.78 is 0. The van der Waals surface area contributed by atoms with E-state index in [1.54, 1.807) is 11.8 Å². The molecule has 2 nitrogen and oxygen atoms in total. The standard InChI is InChI=1S/C15H15ClO2S/c16-10-14(17)15(18)11-6-8-13(9-7-11)19-12-4-2-1-3-5-12/h1-9,14-15,17-18H,10H2. The molecule has 0 bridgehead atoms. The highest BCUT2D eigenvalue weighted by atomic mass is 35.5. The number of hydrogen-bond donors (Lipinski definition) is 2. The maximum absolute atomic E-state index is 9.83. The molecule has 4 heteroatoms. The Morgan fingerprint density at radius 2 is 1.47 bits per heavy atom. The summed E-state index contributed by atoms with van der Waals surface area (Å²) in [5, 5.41) is 19.3. The summed E-state index contributed by atoms with van der Waals surface area (Å²) in [6.07, 6.45) is -1.87. The number of benzene rings is 2. The summed E-state index contributed by atoms with van der Waals surface area (Å²) in [4.78, 5) is 2.25. The lowest BCUT2D eigenvalue weighted by molar-refractivity contribution is 0.0327. The van der Waals surface area contributed by atoms with Gasteiger partial charge in [-0.25, -0.2) is 0 Å². The number of alkyl halides is 1. The van der Waals surface area contributed by atoms with E-state index in [1.807, 2.05) is 54.6 Å². The SMILES string of the molecule is OC(CCl)C(O)c1ccc(Sc2ccccc2)cc1. The van der Waals surface area contributed by atoms with Crippen LogP contribution in [0.5, 0.6) is 0 Å². The molecule has 2 N–H and O–H groups in total. The highest BCUT2D eigenvalue weighted by Gasteiger charge is 2.16. The van der Waals surface area contributed by atoms with Crippen LogP contribution in [-0.2, 0) is 0 Å². The molecule has 0 aromatic heterocycles. The van der Waals surface area contributed by atoms with Crippen molar-refractivity contribution in [3.8, 4) is 0 Å². The zero-order chi connectivity index (χ0) is 13.7. The molecule has 0 amide bonds. The highest BCUT2D eigenvalue weighted by molar-refractivity contribution is 7.99. The molecule has 2 unspecified atom stereocenters. The van der Waals surface area contributed by atoms with Crippen molar-refractivity contribution < 1.29 is 10.2 Å². The Morgan fingerprint density at radius 1 is 0.895 bits per heavy atom. The van der Waals surface area contributed by atoms with Gasteiger partial charge in [-0.15, -0.1) is 11.6 Å². The van der Waals surface area contributed by atoms with Crippen molar-refractivity contribution in [1.82, 2.24) is 0 Å². The smallest absolute Gasteiger partial charge is 0.106 e. The zero-order valence-corrected chi connectivity index (χ0v) is 11.8. The summed E-state index contributed by atoms with van der Waals surface area (Å²) in [7, 11) is 0. The molecule has 2 aromatic rings. The van der Waals surface area contributed by atoms with E-state index in [2.05, 4.69) is 0 Å². The van der Waals surface area contributed by atoms with Gasteiger partial charge in [0.25, 0.3) is 0 Å². The predicted octanol–water partition coefficient (Wildman–Crippen LogP) is 3.47. The molecule has 2 atom stereocenters. The van der Waals surface area contributed by atoms with Gasteiger partial charge in [-0.1, -0.05) is 42.1 Å². The Balaban J connectivity index is 2.06. The van der Waals surface area contributed by atoms with Gasteiger partial charge < -0.3 is 10.2 Å². The van der Waals surface area contributed by atoms with Crippen molar-refractivity contribution in [2.24, 2.45) is 0 Å². The summed E-state index contributed by atoms with van der Waals surface area (Å²) in [6, 6.07) is 17.5. The molecule has 0 spiro atoms. The predicted molar refractivity (Wildman–Crippen MR) is 78.7 cm³/mol. The number of aliphatic hydroxyl groups is 2. The van der Waals surface area contributed by atoms with E-state index in [9.17, 15) is 10.2 Å². The maximum Gasteiger partial charge on any atom is 0.106 e. The average Bonchev–Trinajstić information content (AvgIpc) is 2.47. The van der Waals surface area contributed by atoms with Gasteiger partial charge >= 0.3 is 0 Å². The second-order valence-electron chi connectivity index (χ2n) is 4.15. The normalized spacial score (nSPS) is 14.1. The molecule has 19 heavy (non-hydrogen) atoms. The Kier molecular flexibility index (Phi) is 5.28. The molecule has 0 saturated heterocycles. The van der Waals surface area contributed by atoms with Crippen LogP contribution in [0.15, 0.2) is 64.4 Å². The molecule has 0 saturated carbocycles. The monoisotopic (exact) mass is 294 g/mol. The molecule has 0 heterocycles. The summed E-state index contributed by atoms with van der Waals surface area (Å²) in [6.45, 7) is 0. The Hall–Kier alpha value is -1.00. The van der Waals surface area contributed by atoms with Crippen molar-refractivity contribution in [2.45, 2.75) is 22.0 Å². The maximum atomic E-state index is 9.83. The fourth-order valence-corrected chi connectivity index (χ4v) is 2.67. The first-order chi connectivity index (χ1) is 9.20. The topological polar surface area (TPSA) is 40.5 Å². The first-order valence-electron chi connectivity index (χ1n) is 5.95. The van der Waals surface area contributed by atoms with Crippen molar-refractivity contribution >= 4 is 23.4 Å². The van der Waals surface area contributed by atoms with Gasteiger partial charge in [0.2, 0.25) is 0 Å². The molecule has 0 aliphatic rings. The average molecular weight is 295 g/mol. The van der Waals surface area contributed by atoms with Crippen molar-refractivity contribution in [3.63, 3.8) is 0 Å². The molecule has 2 aromatic carbocycles. The minimum absolute atomic E-state index is 0.0156. The lowest BCUT2D eigenvalue weighted by Gasteiger charge is -2.15. The lowest BCUT2D eigenvalue weighted by atomic mass is 10.1. The zero-order valence-electron chi connectivity index (χ0n) is 10.2. The van der Waals surface area contributed by atoms with Gasteiger partial charge in [0, 0.05) is 9.79 Å². The van der Waals surface area contributed by atoms with Crippen LogP contribution in [0.2, 0.25) is 0 Å². The molecule has 2 rings (SSSR count). The van der Waals surface area contributed by atoms with Gasteiger partial charge in [0.1, 0.15) is 6.10 Å². The first-order valence-corrected chi connectivity index (χ1v) is 7.31. The molecular formula is C15H15ClO2S. The van der Waals surface area contributed by atoms with Gasteiger partial charge in [-0.2, -0.15) is 0 Å². The van der Waals surface area contributed by atoms with Gasteiger partial charge in [0.15, 0.2) is 0 Å². The van der Waals surface area contributed by atoms with Crippen molar-refractivity contribution in [3.05, 3.63) is 60.2 Å². The van der Waals surface area contributed by atoms with Crippen LogP contribution in [0, 0.1) is 0 Å². The second kappa shape index (κ2) is 6.96. The first kappa shape index (κ1) is 14.4. The number of rotatable bonds is 5. The summed E-state index contributed by atoms with van der Waals surface area (Å²) >= 11 is 7.17. The summed E-state index contributed by atoms with van der Waals surface area (Å²) in [5.74, 6) is 0.0156.